The van der Waals surface area contributed by atoms with E-state index in [1.807, 2.05) is 66.1 Å². The first kappa shape index (κ1) is 24.7. The standard InChI is InChI=1S/C26H23N5O4S/c1-18-11-13-21(14-12-18)31-25(19-7-3-2-4-8-19)29-30-26(31)36-17-23(32)28-27-15-20-9-5-6-10-22(20)35-16-24(33)34/h2-15H,16-17H2,1H3,(H2,28,32,33,34)/p+1/b27-15+. The van der Waals surface area contributed by atoms with Crippen LogP contribution in [0.2, 0.25) is 0 Å². The number of para-hydroxylation sites is 1. The van der Waals surface area contributed by atoms with E-state index in [-0.39, 0.29) is 11.7 Å². The number of benzene rings is 3. The van der Waals surface area contributed by atoms with Crippen LogP contribution in [-0.4, -0.2) is 45.8 Å². The molecule has 0 aliphatic rings. The van der Waals surface area contributed by atoms with Crippen molar-refractivity contribution < 1.29 is 24.0 Å². The summed E-state index contributed by atoms with van der Waals surface area (Å²) in [4.78, 5) is 23.2. The predicted molar refractivity (Wildman–Crippen MR) is 136 cm³/mol. The van der Waals surface area contributed by atoms with Crippen molar-refractivity contribution in [3.05, 3.63) is 90.0 Å². The second-order valence-electron chi connectivity index (χ2n) is 7.69. The smallest absolute Gasteiger partial charge is 0.342 e. The third-order valence-electron chi connectivity index (χ3n) is 5.01. The Morgan fingerprint density at radius 3 is 2.56 bits per heavy atom. The van der Waals surface area contributed by atoms with Crippen LogP contribution in [0, 0.1) is 6.92 Å². The second kappa shape index (κ2) is 11.8. The fourth-order valence-corrected chi connectivity index (χ4v) is 4.07. The molecule has 4 rings (SSSR count). The lowest BCUT2D eigenvalue weighted by Crippen LogP contribution is -2.34. The van der Waals surface area contributed by atoms with Gasteiger partial charge in [-0.2, -0.15) is 9.67 Å². The lowest BCUT2D eigenvalue weighted by molar-refractivity contribution is -0.625. The van der Waals surface area contributed by atoms with Gasteiger partial charge < -0.3 is 9.84 Å². The number of carboxylic acid groups (broad SMARTS) is 1. The number of nitrogens with one attached hydrogen (secondary N) is 2. The van der Waals surface area contributed by atoms with E-state index in [2.05, 4.69) is 20.7 Å². The molecule has 4 aromatic rings. The van der Waals surface area contributed by atoms with Crippen molar-refractivity contribution in [3.8, 4) is 22.8 Å². The van der Waals surface area contributed by atoms with Crippen LogP contribution in [0.1, 0.15) is 11.1 Å². The molecular formula is C26H24N5O4S+. The van der Waals surface area contributed by atoms with E-state index in [1.165, 1.54) is 18.0 Å². The number of aliphatic carboxylic acids is 1. The van der Waals surface area contributed by atoms with Gasteiger partial charge in [-0.15, -0.1) is 5.10 Å². The Bertz CT molecular complexity index is 1370. The van der Waals surface area contributed by atoms with Crippen LogP contribution < -0.4 is 14.7 Å². The van der Waals surface area contributed by atoms with Crippen molar-refractivity contribution in [3.63, 3.8) is 0 Å². The summed E-state index contributed by atoms with van der Waals surface area (Å²) in [6.07, 6.45) is 1.41. The number of carbonyl (C=O) groups excluding carboxylic acids is 1. The minimum atomic E-state index is -1.08. The van der Waals surface area contributed by atoms with Crippen molar-refractivity contribution in [1.29, 1.82) is 0 Å². The summed E-state index contributed by atoms with van der Waals surface area (Å²) in [6, 6.07) is 24.7. The number of carboxylic acids is 1. The van der Waals surface area contributed by atoms with Crippen LogP contribution in [0.15, 0.2) is 89.1 Å². The molecule has 0 radical (unpaired) electrons. The maximum absolute atomic E-state index is 12.5. The molecule has 1 amide bonds. The second-order valence-corrected chi connectivity index (χ2v) is 8.64. The van der Waals surface area contributed by atoms with Gasteiger partial charge in [-0.3, -0.25) is 4.79 Å². The van der Waals surface area contributed by atoms with Gasteiger partial charge in [0.25, 0.3) is 11.7 Å². The van der Waals surface area contributed by atoms with E-state index in [0.29, 0.717) is 16.5 Å². The third kappa shape index (κ3) is 6.36. The molecule has 3 aromatic carbocycles. The first-order chi connectivity index (χ1) is 17.5. The number of thioether (sulfide) groups is 1. The minimum absolute atomic E-state index is 0.0828. The Morgan fingerprint density at radius 1 is 1.08 bits per heavy atom. The van der Waals surface area contributed by atoms with Gasteiger partial charge in [-0.25, -0.2) is 10.2 Å². The third-order valence-corrected chi connectivity index (χ3v) is 5.95. The highest BCUT2D eigenvalue weighted by molar-refractivity contribution is 7.99. The molecule has 0 fully saturated rings. The lowest BCUT2D eigenvalue weighted by atomic mass is 10.2. The summed E-state index contributed by atoms with van der Waals surface area (Å²) in [6.45, 7) is 1.56. The Balaban J connectivity index is 1.45. The maximum atomic E-state index is 12.5. The summed E-state index contributed by atoms with van der Waals surface area (Å²) in [5.41, 5.74) is 6.07. The number of amides is 1. The van der Waals surface area contributed by atoms with Crippen LogP contribution in [-0.2, 0) is 9.59 Å². The highest BCUT2D eigenvalue weighted by atomic mass is 32.2. The highest BCUT2D eigenvalue weighted by Crippen LogP contribution is 2.20. The normalized spacial score (nSPS) is 10.9. The first-order valence-electron chi connectivity index (χ1n) is 11.0. The zero-order chi connectivity index (χ0) is 25.3. The molecule has 0 bridgehead atoms. The molecule has 0 unspecified atom stereocenters. The number of hydrogen-bond donors (Lipinski definition) is 3. The van der Waals surface area contributed by atoms with Gasteiger partial charge >= 0.3 is 11.1 Å². The zero-order valence-corrected chi connectivity index (χ0v) is 20.2. The van der Waals surface area contributed by atoms with Gasteiger partial charge in [0.2, 0.25) is 0 Å². The van der Waals surface area contributed by atoms with E-state index >= 15 is 0 Å². The molecule has 1 aromatic heterocycles. The van der Waals surface area contributed by atoms with Crippen LogP contribution in [0.4, 0.5) is 0 Å². The largest absolute Gasteiger partial charge is 0.481 e. The molecular weight excluding hydrogens is 478 g/mol. The summed E-state index contributed by atoms with van der Waals surface area (Å²) < 4.78 is 7.22. The van der Waals surface area contributed by atoms with E-state index in [9.17, 15) is 9.59 Å². The number of aryl methyl sites for hydroxylation is 1. The number of aromatic amines is 1. The maximum Gasteiger partial charge on any atom is 0.342 e. The molecule has 1 heterocycles. The zero-order valence-electron chi connectivity index (χ0n) is 19.4. The Kier molecular flexibility index (Phi) is 8.09. The van der Waals surface area contributed by atoms with E-state index in [4.69, 9.17) is 9.84 Å². The fourth-order valence-electron chi connectivity index (χ4n) is 3.31. The molecule has 9 nitrogen and oxygen atoms in total. The summed E-state index contributed by atoms with van der Waals surface area (Å²) >= 11 is 1.28. The average Bonchev–Trinajstić information content (AvgIpc) is 3.32. The molecule has 3 N–H and O–H groups in total. The topological polar surface area (TPSA) is 121 Å². The monoisotopic (exact) mass is 502 g/mol. The number of hydrazone groups is 1. The van der Waals surface area contributed by atoms with Crippen molar-refractivity contribution in [2.75, 3.05) is 12.4 Å². The van der Waals surface area contributed by atoms with Crippen molar-refractivity contribution in [2.24, 2.45) is 5.10 Å². The minimum Gasteiger partial charge on any atom is -0.481 e. The van der Waals surface area contributed by atoms with Gasteiger partial charge in [-0.1, -0.05) is 48.0 Å². The van der Waals surface area contributed by atoms with Crippen molar-refractivity contribution >= 4 is 29.9 Å². The SMILES string of the molecule is Cc1ccc(-[n+]2c(SCC(=O)N/N=C/c3ccccc3OCC(=O)O)n[nH]c2-c2ccccc2)cc1. The Morgan fingerprint density at radius 2 is 1.81 bits per heavy atom. The Labute approximate surface area is 211 Å². The van der Waals surface area contributed by atoms with Gasteiger partial charge in [0.05, 0.1) is 22.6 Å². The number of ether oxygens (including phenoxy) is 1. The summed E-state index contributed by atoms with van der Waals surface area (Å²) in [5.74, 6) is -0.155. The highest BCUT2D eigenvalue weighted by Gasteiger charge is 2.24. The molecule has 0 spiro atoms. The molecule has 36 heavy (non-hydrogen) atoms. The number of aromatic nitrogens is 3. The van der Waals surface area contributed by atoms with Gasteiger partial charge in [0.15, 0.2) is 6.61 Å². The van der Waals surface area contributed by atoms with Crippen LogP contribution in [0.3, 0.4) is 0 Å². The van der Waals surface area contributed by atoms with E-state index < -0.39 is 12.6 Å². The number of nitrogens with zero attached hydrogens (tertiary/aromatic N) is 3. The predicted octanol–water partition coefficient (Wildman–Crippen LogP) is 3.37. The number of carbonyl (C=O) groups is 2. The van der Waals surface area contributed by atoms with Gasteiger partial charge in [0, 0.05) is 5.56 Å². The van der Waals surface area contributed by atoms with E-state index in [0.717, 1.165) is 22.6 Å². The van der Waals surface area contributed by atoms with Crippen LogP contribution in [0.5, 0.6) is 5.75 Å². The average molecular weight is 503 g/mol. The van der Waals surface area contributed by atoms with Crippen LogP contribution >= 0.6 is 11.8 Å². The molecule has 10 heteroatoms. The van der Waals surface area contributed by atoms with Gasteiger partial charge in [0.1, 0.15) is 11.4 Å². The molecule has 0 saturated heterocycles. The first-order valence-corrected chi connectivity index (χ1v) is 12.0. The fraction of sp³-hybridized carbons (Fsp3) is 0.115. The van der Waals surface area contributed by atoms with E-state index in [1.54, 1.807) is 24.3 Å². The summed E-state index contributed by atoms with van der Waals surface area (Å²) in [5, 5.41) is 21.0. The molecule has 0 saturated carbocycles. The number of H-pyrrole nitrogens is 1. The molecule has 0 atom stereocenters. The van der Waals surface area contributed by atoms with Crippen LogP contribution in [0.25, 0.3) is 17.1 Å². The number of hydrogen-bond acceptors (Lipinski definition) is 6. The van der Waals surface area contributed by atoms with Crippen molar-refractivity contribution in [2.45, 2.75) is 12.1 Å². The quantitative estimate of drug-likeness (QED) is 0.132. The molecule has 0 aliphatic carbocycles. The van der Waals surface area contributed by atoms with Crippen molar-refractivity contribution in [1.82, 2.24) is 15.6 Å². The Hall–Kier alpha value is -4.44. The number of rotatable bonds is 10. The molecule has 182 valence electrons. The van der Waals surface area contributed by atoms with Gasteiger partial charge in [-0.05, 0) is 55.1 Å². The summed E-state index contributed by atoms with van der Waals surface area (Å²) in [7, 11) is 0. The lowest BCUT2D eigenvalue weighted by Gasteiger charge is -2.06. The molecule has 0 aliphatic heterocycles.